The Bertz CT molecular complexity index is 263. The van der Waals surface area contributed by atoms with Crippen LogP contribution in [0.15, 0.2) is 0 Å². The van der Waals surface area contributed by atoms with Crippen LogP contribution >= 0.6 is 0 Å². The van der Waals surface area contributed by atoms with Crippen molar-refractivity contribution in [2.24, 2.45) is 0 Å². The molecule has 0 aliphatic carbocycles. The molecule has 0 aromatic carbocycles. The zero-order chi connectivity index (χ0) is 13.3. The van der Waals surface area contributed by atoms with Crippen molar-refractivity contribution in [1.82, 2.24) is 0 Å². The summed E-state index contributed by atoms with van der Waals surface area (Å²) in [6.07, 6.45) is -1.61. The summed E-state index contributed by atoms with van der Waals surface area (Å²) in [5, 5.41) is 0. The monoisotopic (exact) mass is 246 g/mol. The average Bonchev–Trinajstić information content (AvgIpc) is 2.28. The fourth-order valence-corrected chi connectivity index (χ4v) is 1.07. The molecule has 6 nitrogen and oxygen atoms in total. The molecule has 0 aliphatic heterocycles. The zero-order valence-corrected chi connectivity index (χ0v) is 10.3. The van der Waals surface area contributed by atoms with Crippen molar-refractivity contribution in [3.63, 3.8) is 0 Å². The van der Waals surface area contributed by atoms with Crippen molar-refractivity contribution in [3.05, 3.63) is 0 Å². The number of carbonyl (C=O) groups is 3. The summed E-state index contributed by atoms with van der Waals surface area (Å²) in [6, 6.07) is 0. The molecule has 0 aromatic rings. The summed E-state index contributed by atoms with van der Waals surface area (Å²) in [6.45, 7) is 5.28. The minimum atomic E-state index is -1.03. The predicted octanol–water partition coefficient (Wildman–Crippen LogP) is 0.475. The minimum absolute atomic E-state index is 0.216. The highest BCUT2D eigenvalue weighted by Crippen LogP contribution is 2.05. The maximum Gasteiger partial charge on any atom is 0.336 e. The first kappa shape index (κ1) is 15.6. The molecule has 0 heterocycles. The molecule has 98 valence electrons. The van der Waals surface area contributed by atoms with E-state index in [1.807, 2.05) is 0 Å². The Kier molecular flexibility index (Phi) is 7.96. The molecule has 2 atom stereocenters. The smallest absolute Gasteiger partial charge is 0.336 e. The lowest BCUT2D eigenvalue weighted by Crippen LogP contribution is -2.32. The molecule has 0 aliphatic rings. The predicted molar refractivity (Wildman–Crippen MR) is 58.3 cm³/mol. The van der Waals surface area contributed by atoms with E-state index >= 15 is 0 Å². The zero-order valence-electron chi connectivity index (χ0n) is 10.3. The number of hydrogen-bond acceptors (Lipinski definition) is 6. The van der Waals surface area contributed by atoms with Crippen molar-refractivity contribution < 1.29 is 28.6 Å². The summed E-state index contributed by atoms with van der Waals surface area (Å²) >= 11 is 0. The molecule has 0 bridgehead atoms. The number of hydrogen-bond donors (Lipinski definition) is 0. The summed E-state index contributed by atoms with van der Waals surface area (Å²) in [5.41, 5.74) is 0. The molecule has 2 unspecified atom stereocenters. The van der Waals surface area contributed by atoms with Gasteiger partial charge in [-0.3, -0.25) is 9.59 Å². The summed E-state index contributed by atoms with van der Waals surface area (Å²) in [7, 11) is 0. The lowest BCUT2D eigenvalue weighted by Gasteiger charge is -2.16. The Morgan fingerprint density at radius 3 is 2.35 bits per heavy atom. The topological polar surface area (TPSA) is 78.9 Å². The van der Waals surface area contributed by atoms with Gasteiger partial charge >= 0.3 is 11.9 Å². The van der Waals surface area contributed by atoms with Crippen molar-refractivity contribution >= 4 is 18.2 Å². The lowest BCUT2D eigenvalue weighted by molar-refractivity contribution is -0.167. The fraction of sp³-hybridized carbons (Fsp3) is 0.727. The second-order valence-corrected chi connectivity index (χ2v) is 3.23. The Hall–Kier alpha value is -1.43. The van der Waals surface area contributed by atoms with Crippen LogP contribution in [-0.2, 0) is 28.6 Å². The van der Waals surface area contributed by atoms with Gasteiger partial charge in [-0.15, -0.1) is 0 Å². The Balaban J connectivity index is 4.34. The van der Waals surface area contributed by atoms with Crippen LogP contribution in [0.4, 0.5) is 0 Å². The molecule has 0 rings (SSSR count). The third-order valence-corrected chi connectivity index (χ3v) is 1.78. The van der Waals surface area contributed by atoms with Crippen molar-refractivity contribution in [1.29, 1.82) is 0 Å². The Morgan fingerprint density at radius 2 is 1.88 bits per heavy atom. The maximum atomic E-state index is 11.5. The van der Waals surface area contributed by atoms with Crippen molar-refractivity contribution in [3.8, 4) is 0 Å². The van der Waals surface area contributed by atoms with E-state index in [-0.39, 0.29) is 19.6 Å². The van der Waals surface area contributed by atoms with Gasteiger partial charge in [-0.05, 0) is 20.8 Å². The highest BCUT2D eigenvalue weighted by atomic mass is 16.6. The quantitative estimate of drug-likeness (QED) is 0.457. The first-order valence-electron chi connectivity index (χ1n) is 5.48. The van der Waals surface area contributed by atoms with Crippen LogP contribution in [0.25, 0.3) is 0 Å². The Morgan fingerprint density at radius 1 is 1.24 bits per heavy atom. The van der Waals surface area contributed by atoms with E-state index in [4.69, 9.17) is 14.2 Å². The third-order valence-electron chi connectivity index (χ3n) is 1.78. The van der Waals surface area contributed by atoms with Crippen LogP contribution in [0.3, 0.4) is 0 Å². The number of carbonyl (C=O) groups excluding carboxylic acids is 3. The molecule has 0 spiro atoms. The van der Waals surface area contributed by atoms with E-state index < -0.39 is 24.1 Å². The van der Waals surface area contributed by atoms with Crippen molar-refractivity contribution in [2.45, 2.75) is 39.4 Å². The van der Waals surface area contributed by atoms with Crippen molar-refractivity contribution in [2.75, 3.05) is 13.2 Å². The molecule has 0 amide bonds. The maximum absolute atomic E-state index is 11.5. The average molecular weight is 246 g/mol. The summed E-state index contributed by atoms with van der Waals surface area (Å²) in [4.78, 5) is 33.1. The van der Waals surface area contributed by atoms with E-state index in [2.05, 4.69) is 0 Å². The van der Waals surface area contributed by atoms with Crippen LogP contribution in [0.2, 0.25) is 0 Å². The minimum Gasteiger partial charge on any atom is -0.466 e. The normalized spacial score (nSPS) is 13.6. The van der Waals surface area contributed by atoms with Crippen LogP contribution in [0.1, 0.15) is 27.2 Å². The van der Waals surface area contributed by atoms with E-state index in [1.165, 1.54) is 6.92 Å². The van der Waals surface area contributed by atoms with Crippen LogP contribution in [0, 0.1) is 0 Å². The first-order chi connectivity index (χ1) is 8.04. The highest BCUT2D eigenvalue weighted by Gasteiger charge is 2.25. The number of aldehydes is 1. The molecular formula is C11H18O6. The molecule has 0 saturated heterocycles. The summed E-state index contributed by atoms with van der Waals surface area (Å²) < 4.78 is 14.5. The van der Waals surface area contributed by atoms with Crippen LogP contribution in [-0.4, -0.2) is 43.6 Å². The van der Waals surface area contributed by atoms with Gasteiger partial charge in [0.25, 0.3) is 0 Å². The molecule has 17 heavy (non-hydrogen) atoms. The Labute approximate surface area is 100 Å². The second-order valence-electron chi connectivity index (χ2n) is 3.23. The van der Waals surface area contributed by atoms with Crippen LogP contribution < -0.4 is 0 Å². The molecular weight excluding hydrogens is 228 g/mol. The highest BCUT2D eigenvalue weighted by molar-refractivity contribution is 5.82. The molecule has 0 aromatic heterocycles. The van der Waals surface area contributed by atoms with Gasteiger partial charge < -0.3 is 14.2 Å². The van der Waals surface area contributed by atoms with Gasteiger partial charge in [0.1, 0.15) is 0 Å². The number of esters is 2. The molecule has 0 radical (unpaired) electrons. The van der Waals surface area contributed by atoms with Gasteiger partial charge in [-0.25, -0.2) is 4.79 Å². The molecule has 0 fully saturated rings. The summed E-state index contributed by atoms with van der Waals surface area (Å²) in [5.74, 6) is -1.28. The van der Waals surface area contributed by atoms with Gasteiger partial charge in [-0.1, -0.05) is 0 Å². The largest absolute Gasteiger partial charge is 0.466 e. The van der Waals surface area contributed by atoms with Crippen LogP contribution in [0.5, 0.6) is 0 Å². The molecule has 6 heteroatoms. The van der Waals surface area contributed by atoms with E-state index in [1.54, 1.807) is 13.8 Å². The third kappa shape index (κ3) is 6.68. The lowest BCUT2D eigenvalue weighted by atomic mass is 10.2. The fourth-order valence-electron chi connectivity index (χ4n) is 1.07. The number of rotatable bonds is 8. The number of ether oxygens (including phenoxy) is 3. The molecule has 0 N–H and O–H groups in total. The van der Waals surface area contributed by atoms with Gasteiger partial charge in [-0.2, -0.15) is 0 Å². The van der Waals surface area contributed by atoms with Gasteiger partial charge in [0.2, 0.25) is 0 Å². The first-order valence-corrected chi connectivity index (χ1v) is 5.48. The van der Waals surface area contributed by atoms with Gasteiger partial charge in [0.05, 0.1) is 13.0 Å². The molecule has 0 saturated carbocycles. The SMILES string of the molecule is CCOC(=O)CC(OCC)C(=O)OC(C)C=O. The van der Waals surface area contributed by atoms with E-state index in [0.717, 1.165) is 0 Å². The van der Waals surface area contributed by atoms with E-state index in [0.29, 0.717) is 6.29 Å². The standard InChI is InChI=1S/C11H18O6/c1-4-15-9(6-10(13)16-5-2)11(14)17-8(3)7-12/h7-9H,4-6H2,1-3H3. The van der Waals surface area contributed by atoms with Gasteiger partial charge in [0, 0.05) is 6.61 Å². The second kappa shape index (κ2) is 8.69. The van der Waals surface area contributed by atoms with E-state index in [9.17, 15) is 14.4 Å². The van der Waals surface area contributed by atoms with Gasteiger partial charge in [0.15, 0.2) is 18.5 Å².